The summed E-state index contributed by atoms with van der Waals surface area (Å²) in [6.07, 6.45) is -1.34. The average molecular weight is 402 g/mol. The van der Waals surface area contributed by atoms with Crippen molar-refractivity contribution in [3.05, 3.63) is 77.2 Å². The summed E-state index contributed by atoms with van der Waals surface area (Å²) >= 11 is 0. The van der Waals surface area contributed by atoms with Crippen molar-refractivity contribution < 1.29 is 18.0 Å². The van der Waals surface area contributed by atoms with Crippen LogP contribution in [-0.2, 0) is 6.18 Å². The predicted octanol–water partition coefficient (Wildman–Crippen LogP) is 4.82. The highest BCUT2D eigenvalue weighted by Crippen LogP contribution is 2.32. The van der Waals surface area contributed by atoms with Gasteiger partial charge in [-0.2, -0.15) is 18.3 Å². The molecule has 29 heavy (non-hydrogen) atoms. The zero-order chi connectivity index (χ0) is 21.2. The van der Waals surface area contributed by atoms with Crippen molar-refractivity contribution in [1.29, 1.82) is 0 Å². The van der Waals surface area contributed by atoms with Gasteiger partial charge in [-0.25, -0.2) is 9.67 Å². The summed E-state index contributed by atoms with van der Waals surface area (Å²) in [5, 5.41) is 4.26. The number of hydrogen-bond acceptors (Lipinski definition) is 3. The van der Waals surface area contributed by atoms with Crippen molar-refractivity contribution in [1.82, 2.24) is 19.7 Å². The van der Waals surface area contributed by atoms with E-state index in [1.807, 2.05) is 6.07 Å². The summed E-state index contributed by atoms with van der Waals surface area (Å²) in [4.78, 5) is 18.9. The summed E-state index contributed by atoms with van der Waals surface area (Å²) in [6, 6.07) is 9.91. The topological polar surface area (TPSA) is 51.0 Å². The molecule has 0 aliphatic heterocycles. The number of rotatable bonds is 5. The van der Waals surface area contributed by atoms with Gasteiger partial charge in [-0.1, -0.05) is 18.2 Å². The standard InChI is InChI=1S/C21H21F3N4O/c1-4-27(14(2)16-8-7-9-17(12-16)21(22,23)24)20(29)18-13-26-28(15(18)3)19-10-5-6-11-25-19/h5-14H,4H2,1-3H3. The lowest BCUT2D eigenvalue weighted by Gasteiger charge is -2.29. The molecule has 3 aromatic rings. The SMILES string of the molecule is CCN(C(=O)c1cnn(-c2ccccn2)c1C)C(C)c1cccc(C(F)(F)F)c1. The van der Waals surface area contributed by atoms with Crippen LogP contribution in [0.25, 0.3) is 5.82 Å². The van der Waals surface area contributed by atoms with Crippen LogP contribution in [0.15, 0.2) is 54.9 Å². The minimum Gasteiger partial charge on any atom is -0.332 e. The van der Waals surface area contributed by atoms with E-state index in [1.165, 1.54) is 17.2 Å². The van der Waals surface area contributed by atoms with E-state index < -0.39 is 17.8 Å². The molecule has 1 unspecified atom stereocenters. The van der Waals surface area contributed by atoms with Gasteiger partial charge in [-0.05, 0) is 50.6 Å². The van der Waals surface area contributed by atoms with Crippen LogP contribution in [0.2, 0.25) is 0 Å². The molecule has 152 valence electrons. The highest BCUT2D eigenvalue weighted by atomic mass is 19.4. The first-order chi connectivity index (χ1) is 13.7. The number of hydrogen-bond donors (Lipinski definition) is 0. The molecule has 8 heteroatoms. The second kappa shape index (κ2) is 8.06. The van der Waals surface area contributed by atoms with Crippen molar-refractivity contribution in [2.75, 3.05) is 6.54 Å². The summed E-state index contributed by atoms with van der Waals surface area (Å²) in [6.45, 7) is 5.61. The molecular weight excluding hydrogens is 381 g/mol. The molecule has 0 N–H and O–H groups in total. The Morgan fingerprint density at radius 3 is 2.59 bits per heavy atom. The molecule has 0 aliphatic rings. The molecule has 0 spiro atoms. The fourth-order valence-corrected chi connectivity index (χ4v) is 3.23. The molecule has 1 aromatic carbocycles. The number of carbonyl (C=O) groups excluding carboxylic acids is 1. The highest BCUT2D eigenvalue weighted by molar-refractivity contribution is 5.95. The zero-order valence-electron chi connectivity index (χ0n) is 16.3. The van der Waals surface area contributed by atoms with E-state index in [9.17, 15) is 18.0 Å². The molecule has 5 nitrogen and oxygen atoms in total. The maximum atomic E-state index is 13.2. The van der Waals surface area contributed by atoms with Gasteiger partial charge in [0.05, 0.1) is 29.1 Å². The maximum absolute atomic E-state index is 13.2. The van der Waals surface area contributed by atoms with Crippen LogP contribution in [0.5, 0.6) is 0 Å². The van der Waals surface area contributed by atoms with Crippen molar-refractivity contribution in [3.8, 4) is 5.82 Å². The van der Waals surface area contributed by atoms with Crippen molar-refractivity contribution >= 4 is 5.91 Å². The number of alkyl halides is 3. The number of benzene rings is 1. The molecule has 0 saturated carbocycles. The van der Waals surface area contributed by atoms with Crippen LogP contribution in [0, 0.1) is 6.92 Å². The molecule has 2 heterocycles. The highest BCUT2D eigenvalue weighted by Gasteiger charge is 2.32. The monoisotopic (exact) mass is 402 g/mol. The Bertz CT molecular complexity index is 999. The Hall–Kier alpha value is -3.16. The second-order valence-corrected chi connectivity index (χ2v) is 6.63. The first-order valence-electron chi connectivity index (χ1n) is 9.18. The van der Waals surface area contributed by atoms with E-state index in [1.54, 1.807) is 49.8 Å². The minimum atomic E-state index is -4.43. The van der Waals surface area contributed by atoms with Crippen molar-refractivity contribution in [3.63, 3.8) is 0 Å². The molecule has 0 fully saturated rings. The molecule has 0 aliphatic carbocycles. The van der Waals surface area contributed by atoms with Crippen LogP contribution in [0.1, 0.15) is 47.1 Å². The Labute approximate surface area is 166 Å². The van der Waals surface area contributed by atoms with Crippen molar-refractivity contribution in [2.45, 2.75) is 33.0 Å². The number of pyridine rings is 1. The van der Waals surface area contributed by atoms with Crippen LogP contribution in [0.3, 0.4) is 0 Å². The Morgan fingerprint density at radius 1 is 1.21 bits per heavy atom. The third-order valence-electron chi connectivity index (χ3n) is 4.87. The van der Waals surface area contributed by atoms with E-state index in [0.29, 0.717) is 29.2 Å². The lowest BCUT2D eigenvalue weighted by atomic mass is 10.0. The molecule has 0 bridgehead atoms. The molecule has 0 saturated heterocycles. The third kappa shape index (κ3) is 4.16. The summed E-state index contributed by atoms with van der Waals surface area (Å²) < 4.78 is 40.7. The normalized spacial score (nSPS) is 12.6. The number of carbonyl (C=O) groups is 1. The van der Waals surface area contributed by atoms with Gasteiger partial charge in [0.2, 0.25) is 0 Å². The lowest BCUT2D eigenvalue weighted by Crippen LogP contribution is -2.33. The lowest BCUT2D eigenvalue weighted by molar-refractivity contribution is -0.137. The summed E-state index contributed by atoms with van der Waals surface area (Å²) in [7, 11) is 0. The Kier molecular flexibility index (Phi) is 5.72. The second-order valence-electron chi connectivity index (χ2n) is 6.63. The van der Waals surface area contributed by atoms with Crippen molar-refractivity contribution in [2.24, 2.45) is 0 Å². The third-order valence-corrected chi connectivity index (χ3v) is 4.87. The van der Waals surface area contributed by atoms with Gasteiger partial charge in [0.25, 0.3) is 5.91 Å². The van der Waals surface area contributed by atoms with E-state index in [2.05, 4.69) is 10.1 Å². The van der Waals surface area contributed by atoms with E-state index in [-0.39, 0.29) is 5.91 Å². The average Bonchev–Trinajstić information content (AvgIpc) is 3.09. The fraction of sp³-hybridized carbons (Fsp3) is 0.286. The van der Waals surface area contributed by atoms with E-state index >= 15 is 0 Å². The molecule has 3 rings (SSSR count). The zero-order valence-corrected chi connectivity index (χ0v) is 16.3. The van der Waals surface area contributed by atoms with Crippen LogP contribution >= 0.6 is 0 Å². The summed E-state index contributed by atoms with van der Waals surface area (Å²) in [5.74, 6) is 0.287. The van der Waals surface area contributed by atoms with Gasteiger partial charge >= 0.3 is 6.18 Å². The van der Waals surface area contributed by atoms with Crippen LogP contribution in [-0.4, -0.2) is 32.1 Å². The Morgan fingerprint density at radius 2 is 1.97 bits per heavy atom. The van der Waals surface area contributed by atoms with Gasteiger partial charge in [0, 0.05) is 12.7 Å². The van der Waals surface area contributed by atoms with Crippen LogP contribution in [0.4, 0.5) is 13.2 Å². The van der Waals surface area contributed by atoms with Gasteiger partial charge in [-0.3, -0.25) is 4.79 Å². The minimum absolute atomic E-state index is 0.294. The number of halogens is 3. The fourth-order valence-electron chi connectivity index (χ4n) is 3.23. The summed E-state index contributed by atoms with van der Waals surface area (Å²) in [5.41, 5.74) is 0.689. The number of nitrogens with zero attached hydrogens (tertiary/aromatic N) is 4. The first-order valence-corrected chi connectivity index (χ1v) is 9.18. The number of amides is 1. The Balaban J connectivity index is 1.91. The van der Waals surface area contributed by atoms with Gasteiger partial charge in [0.15, 0.2) is 5.82 Å². The molecule has 1 amide bonds. The predicted molar refractivity (Wildman–Crippen MR) is 103 cm³/mol. The quantitative estimate of drug-likeness (QED) is 0.615. The molecule has 0 radical (unpaired) electrons. The van der Waals surface area contributed by atoms with E-state index in [4.69, 9.17) is 0 Å². The molecule has 1 atom stereocenters. The van der Waals surface area contributed by atoms with Crippen LogP contribution < -0.4 is 0 Å². The van der Waals surface area contributed by atoms with Gasteiger partial charge in [-0.15, -0.1) is 0 Å². The number of aromatic nitrogens is 3. The largest absolute Gasteiger partial charge is 0.416 e. The smallest absolute Gasteiger partial charge is 0.332 e. The molecular formula is C21H21F3N4O. The maximum Gasteiger partial charge on any atom is 0.416 e. The van der Waals surface area contributed by atoms with E-state index in [0.717, 1.165) is 12.1 Å². The molecule has 2 aromatic heterocycles. The van der Waals surface area contributed by atoms with Gasteiger partial charge < -0.3 is 4.90 Å². The van der Waals surface area contributed by atoms with Gasteiger partial charge in [0.1, 0.15) is 0 Å². The first kappa shape index (κ1) is 20.6.